The highest BCUT2D eigenvalue weighted by atomic mass is 16.4. The zero-order valence-electron chi connectivity index (χ0n) is 11.9. The number of carboxylic acid groups (broad SMARTS) is 1. The molecule has 0 aromatic carbocycles. The molecular weight excluding hydrogens is 256 g/mol. The first-order chi connectivity index (χ1) is 9.47. The molecule has 1 saturated heterocycles. The molecule has 1 aliphatic rings. The summed E-state index contributed by atoms with van der Waals surface area (Å²) in [7, 11) is 0. The Balaban J connectivity index is 1.99. The summed E-state index contributed by atoms with van der Waals surface area (Å²) in [6.07, 6.45) is 1.71. The molecule has 20 heavy (non-hydrogen) atoms. The molecular formula is C15H20N2O3. The van der Waals surface area contributed by atoms with Crippen molar-refractivity contribution in [2.75, 3.05) is 13.1 Å². The van der Waals surface area contributed by atoms with E-state index in [-0.39, 0.29) is 12.3 Å². The lowest BCUT2D eigenvalue weighted by Gasteiger charge is -2.17. The third-order valence-electron chi connectivity index (χ3n) is 3.79. The van der Waals surface area contributed by atoms with E-state index in [4.69, 9.17) is 5.11 Å². The molecule has 1 atom stereocenters. The number of aryl methyl sites for hydroxylation is 2. The minimum Gasteiger partial charge on any atom is -0.481 e. The van der Waals surface area contributed by atoms with E-state index in [1.807, 2.05) is 30.9 Å². The van der Waals surface area contributed by atoms with Crippen molar-refractivity contribution >= 4 is 11.9 Å². The van der Waals surface area contributed by atoms with Crippen LogP contribution in [-0.4, -0.2) is 40.0 Å². The van der Waals surface area contributed by atoms with Gasteiger partial charge >= 0.3 is 5.97 Å². The van der Waals surface area contributed by atoms with Crippen LogP contribution in [0.5, 0.6) is 0 Å². The third-order valence-corrected chi connectivity index (χ3v) is 3.79. The molecule has 108 valence electrons. The Hall–Kier alpha value is -1.91. The smallest absolute Gasteiger partial charge is 0.303 e. The summed E-state index contributed by atoms with van der Waals surface area (Å²) in [4.78, 5) is 29.1. The molecule has 1 N–H and O–H groups in total. The van der Waals surface area contributed by atoms with Gasteiger partial charge in [-0.3, -0.25) is 14.6 Å². The number of hydrogen-bond acceptors (Lipinski definition) is 3. The number of pyridine rings is 1. The standard InChI is InChI=1S/C15H20N2O3/c1-10-3-5-13(11(2)16-10)15(20)17-8-7-12(9-17)4-6-14(18)19/h3,5,12H,4,6-9H2,1-2H3,(H,18,19). The molecule has 1 fully saturated rings. The van der Waals surface area contributed by atoms with Gasteiger partial charge in [0.15, 0.2) is 0 Å². The molecule has 1 unspecified atom stereocenters. The Morgan fingerprint density at radius 1 is 1.40 bits per heavy atom. The zero-order chi connectivity index (χ0) is 14.7. The number of likely N-dealkylation sites (tertiary alicyclic amines) is 1. The molecule has 0 aliphatic carbocycles. The Morgan fingerprint density at radius 2 is 2.15 bits per heavy atom. The summed E-state index contributed by atoms with van der Waals surface area (Å²) in [6, 6.07) is 3.67. The van der Waals surface area contributed by atoms with Crippen LogP contribution in [-0.2, 0) is 4.79 Å². The van der Waals surface area contributed by atoms with Gasteiger partial charge in [-0.05, 0) is 44.7 Å². The summed E-state index contributed by atoms with van der Waals surface area (Å²) in [5.41, 5.74) is 2.30. The van der Waals surface area contributed by atoms with E-state index in [1.165, 1.54) is 0 Å². The SMILES string of the molecule is Cc1ccc(C(=O)N2CCC(CCC(=O)O)C2)c(C)n1. The van der Waals surface area contributed by atoms with Crippen molar-refractivity contribution in [2.45, 2.75) is 33.1 Å². The molecule has 1 amide bonds. The van der Waals surface area contributed by atoms with Crippen LogP contribution in [0.2, 0.25) is 0 Å². The Kier molecular flexibility index (Phi) is 4.37. The van der Waals surface area contributed by atoms with Gasteiger partial charge in [-0.2, -0.15) is 0 Å². The first kappa shape index (κ1) is 14.5. The minimum atomic E-state index is -0.770. The molecule has 1 aromatic rings. The zero-order valence-corrected chi connectivity index (χ0v) is 11.9. The van der Waals surface area contributed by atoms with Crippen LogP contribution in [0.4, 0.5) is 0 Å². The molecule has 1 aliphatic heterocycles. The van der Waals surface area contributed by atoms with E-state index in [1.54, 1.807) is 0 Å². The predicted octanol–water partition coefficient (Wildman–Crippen LogP) is 2.03. The highest BCUT2D eigenvalue weighted by Gasteiger charge is 2.28. The van der Waals surface area contributed by atoms with Gasteiger partial charge in [0.05, 0.1) is 11.3 Å². The van der Waals surface area contributed by atoms with Crippen molar-refractivity contribution in [3.05, 3.63) is 29.1 Å². The molecule has 5 heteroatoms. The van der Waals surface area contributed by atoms with E-state index in [0.29, 0.717) is 31.0 Å². The summed E-state index contributed by atoms with van der Waals surface area (Å²) in [5.74, 6) is -0.463. The highest BCUT2D eigenvalue weighted by Crippen LogP contribution is 2.23. The number of nitrogens with zero attached hydrogens (tertiary/aromatic N) is 2. The Morgan fingerprint density at radius 3 is 2.80 bits per heavy atom. The van der Waals surface area contributed by atoms with Crippen molar-refractivity contribution < 1.29 is 14.7 Å². The lowest BCUT2D eigenvalue weighted by molar-refractivity contribution is -0.137. The van der Waals surface area contributed by atoms with Crippen LogP contribution in [0.25, 0.3) is 0 Å². The largest absolute Gasteiger partial charge is 0.481 e. The molecule has 0 spiro atoms. The molecule has 2 rings (SSSR count). The maximum absolute atomic E-state index is 12.4. The van der Waals surface area contributed by atoms with Crippen LogP contribution in [0.3, 0.4) is 0 Å². The summed E-state index contributed by atoms with van der Waals surface area (Å²) < 4.78 is 0. The molecule has 0 bridgehead atoms. The average Bonchev–Trinajstić information content (AvgIpc) is 2.84. The van der Waals surface area contributed by atoms with Gasteiger partial charge in [-0.25, -0.2) is 0 Å². The number of amides is 1. The maximum Gasteiger partial charge on any atom is 0.303 e. The Bertz CT molecular complexity index is 528. The Labute approximate surface area is 118 Å². The number of aromatic nitrogens is 1. The van der Waals surface area contributed by atoms with Gasteiger partial charge in [0.1, 0.15) is 0 Å². The predicted molar refractivity (Wildman–Crippen MR) is 74.6 cm³/mol. The van der Waals surface area contributed by atoms with Crippen molar-refractivity contribution in [1.82, 2.24) is 9.88 Å². The second-order valence-corrected chi connectivity index (χ2v) is 5.42. The molecule has 1 aromatic heterocycles. The lowest BCUT2D eigenvalue weighted by Crippen LogP contribution is -2.29. The van der Waals surface area contributed by atoms with Gasteiger partial charge in [0, 0.05) is 25.2 Å². The van der Waals surface area contributed by atoms with Gasteiger partial charge < -0.3 is 10.0 Å². The van der Waals surface area contributed by atoms with Crippen LogP contribution in [0.15, 0.2) is 12.1 Å². The van der Waals surface area contributed by atoms with Crippen LogP contribution < -0.4 is 0 Å². The van der Waals surface area contributed by atoms with Crippen molar-refractivity contribution in [2.24, 2.45) is 5.92 Å². The van der Waals surface area contributed by atoms with Crippen LogP contribution >= 0.6 is 0 Å². The average molecular weight is 276 g/mol. The van der Waals surface area contributed by atoms with Gasteiger partial charge in [-0.15, -0.1) is 0 Å². The lowest BCUT2D eigenvalue weighted by atomic mass is 10.0. The molecule has 0 saturated carbocycles. The number of carbonyl (C=O) groups excluding carboxylic acids is 1. The van der Waals surface area contributed by atoms with Crippen molar-refractivity contribution in [3.63, 3.8) is 0 Å². The monoisotopic (exact) mass is 276 g/mol. The fourth-order valence-corrected chi connectivity index (χ4v) is 2.66. The highest BCUT2D eigenvalue weighted by molar-refractivity contribution is 5.95. The second-order valence-electron chi connectivity index (χ2n) is 5.42. The third kappa shape index (κ3) is 3.35. The first-order valence-electron chi connectivity index (χ1n) is 6.92. The van der Waals surface area contributed by atoms with E-state index in [0.717, 1.165) is 17.8 Å². The van der Waals surface area contributed by atoms with Gasteiger partial charge in [-0.1, -0.05) is 0 Å². The van der Waals surface area contributed by atoms with Crippen LogP contribution in [0.1, 0.15) is 41.0 Å². The van der Waals surface area contributed by atoms with Crippen molar-refractivity contribution in [3.8, 4) is 0 Å². The maximum atomic E-state index is 12.4. The normalized spacial score (nSPS) is 18.3. The van der Waals surface area contributed by atoms with E-state index >= 15 is 0 Å². The molecule has 0 radical (unpaired) electrons. The van der Waals surface area contributed by atoms with E-state index < -0.39 is 5.97 Å². The fourth-order valence-electron chi connectivity index (χ4n) is 2.66. The first-order valence-corrected chi connectivity index (χ1v) is 6.92. The summed E-state index contributed by atoms with van der Waals surface area (Å²) in [6.45, 7) is 5.10. The quantitative estimate of drug-likeness (QED) is 0.913. The van der Waals surface area contributed by atoms with E-state index in [2.05, 4.69) is 4.98 Å². The van der Waals surface area contributed by atoms with Gasteiger partial charge in [0.2, 0.25) is 0 Å². The minimum absolute atomic E-state index is 0.00725. The summed E-state index contributed by atoms with van der Waals surface area (Å²) >= 11 is 0. The summed E-state index contributed by atoms with van der Waals surface area (Å²) in [5, 5.41) is 8.70. The molecule has 5 nitrogen and oxygen atoms in total. The fraction of sp³-hybridized carbons (Fsp3) is 0.533. The van der Waals surface area contributed by atoms with Crippen LogP contribution in [0, 0.1) is 19.8 Å². The number of carbonyl (C=O) groups is 2. The number of rotatable bonds is 4. The number of hydrogen-bond donors (Lipinski definition) is 1. The number of aliphatic carboxylic acids is 1. The second kappa shape index (κ2) is 6.03. The van der Waals surface area contributed by atoms with Crippen molar-refractivity contribution in [1.29, 1.82) is 0 Å². The molecule has 2 heterocycles. The van der Waals surface area contributed by atoms with Gasteiger partial charge in [0.25, 0.3) is 5.91 Å². The van der Waals surface area contributed by atoms with E-state index in [9.17, 15) is 9.59 Å². The topological polar surface area (TPSA) is 70.5 Å². The number of carboxylic acids is 1.